The summed E-state index contributed by atoms with van der Waals surface area (Å²) >= 11 is 0. The summed E-state index contributed by atoms with van der Waals surface area (Å²) in [4.78, 5) is 16.9. The minimum absolute atomic E-state index is 0.256. The number of fused-ring (bicyclic) bond motifs is 1. The third-order valence-corrected chi connectivity index (χ3v) is 4.75. The van der Waals surface area contributed by atoms with E-state index in [1.54, 1.807) is 0 Å². The molecule has 0 saturated carbocycles. The molecular formula is C17H24N2O. The van der Waals surface area contributed by atoms with Gasteiger partial charge in [0, 0.05) is 25.7 Å². The summed E-state index contributed by atoms with van der Waals surface area (Å²) in [5.41, 5.74) is 2.72. The number of urea groups is 1. The van der Waals surface area contributed by atoms with Gasteiger partial charge in [-0.3, -0.25) is 0 Å². The Morgan fingerprint density at radius 1 is 1.20 bits per heavy atom. The summed E-state index contributed by atoms with van der Waals surface area (Å²) < 4.78 is 0. The molecule has 108 valence electrons. The maximum absolute atomic E-state index is 12.8. The van der Waals surface area contributed by atoms with E-state index < -0.39 is 0 Å². The number of carbonyl (C=O) groups excluding carboxylic acids is 1. The minimum atomic E-state index is 0.256. The van der Waals surface area contributed by atoms with Crippen molar-refractivity contribution in [1.29, 1.82) is 0 Å². The van der Waals surface area contributed by atoms with E-state index >= 15 is 0 Å². The van der Waals surface area contributed by atoms with Crippen molar-refractivity contribution >= 4 is 6.03 Å². The Labute approximate surface area is 121 Å². The predicted octanol–water partition coefficient (Wildman–Crippen LogP) is 3.43. The van der Waals surface area contributed by atoms with E-state index in [9.17, 15) is 4.79 Å². The van der Waals surface area contributed by atoms with Crippen LogP contribution >= 0.6 is 0 Å². The van der Waals surface area contributed by atoms with Crippen molar-refractivity contribution in [3.05, 3.63) is 35.4 Å². The van der Waals surface area contributed by atoms with Crippen LogP contribution in [0.25, 0.3) is 0 Å². The lowest BCUT2D eigenvalue weighted by Gasteiger charge is -2.40. The lowest BCUT2D eigenvalue weighted by molar-refractivity contribution is 0.109. The van der Waals surface area contributed by atoms with Gasteiger partial charge in [0.1, 0.15) is 0 Å². The van der Waals surface area contributed by atoms with Gasteiger partial charge in [-0.15, -0.1) is 0 Å². The molecule has 1 aromatic carbocycles. The van der Waals surface area contributed by atoms with Crippen LogP contribution in [0.3, 0.4) is 0 Å². The zero-order chi connectivity index (χ0) is 13.9. The molecule has 0 spiro atoms. The normalized spacial score (nSPS) is 22.6. The predicted molar refractivity (Wildman–Crippen MR) is 80.6 cm³/mol. The number of rotatable bonds is 1. The maximum Gasteiger partial charge on any atom is 0.320 e. The number of benzene rings is 1. The van der Waals surface area contributed by atoms with Crippen molar-refractivity contribution in [3.63, 3.8) is 0 Å². The number of amides is 2. The Morgan fingerprint density at radius 3 is 2.80 bits per heavy atom. The molecule has 2 aliphatic rings. The van der Waals surface area contributed by atoms with E-state index in [4.69, 9.17) is 0 Å². The van der Waals surface area contributed by atoms with Crippen molar-refractivity contribution in [3.8, 4) is 0 Å². The molecule has 2 amide bonds. The van der Waals surface area contributed by atoms with E-state index in [1.807, 2.05) is 4.90 Å². The minimum Gasteiger partial charge on any atom is -0.322 e. The Morgan fingerprint density at radius 2 is 2.00 bits per heavy atom. The van der Waals surface area contributed by atoms with Crippen molar-refractivity contribution in [2.45, 2.75) is 51.6 Å². The first-order valence-electron chi connectivity index (χ1n) is 7.92. The Hall–Kier alpha value is -1.51. The van der Waals surface area contributed by atoms with Crippen LogP contribution in [-0.4, -0.2) is 35.0 Å². The molecule has 1 saturated heterocycles. The largest absolute Gasteiger partial charge is 0.322 e. The van der Waals surface area contributed by atoms with E-state index in [2.05, 4.69) is 36.1 Å². The molecule has 1 aromatic rings. The number of hydrogen-bond donors (Lipinski definition) is 0. The number of likely N-dealkylation sites (tertiary alicyclic amines) is 1. The summed E-state index contributed by atoms with van der Waals surface area (Å²) in [5, 5.41) is 0. The van der Waals surface area contributed by atoms with Gasteiger partial charge in [0.25, 0.3) is 0 Å². The van der Waals surface area contributed by atoms with E-state index in [0.717, 1.165) is 38.9 Å². The van der Waals surface area contributed by atoms with E-state index in [0.29, 0.717) is 6.04 Å². The highest BCUT2D eigenvalue weighted by molar-refractivity contribution is 5.75. The van der Waals surface area contributed by atoms with Gasteiger partial charge in [-0.25, -0.2) is 4.79 Å². The van der Waals surface area contributed by atoms with Crippen molar-refractivity contribution in [1.82, 2.24) is 9.80 Å². The van der Waals surface area contributed by atoms with Crippen LogP contribution in [0.1, 0.15) is 43.7 Å². The van der Waals surface area contributed by atoms with Crippen LogP contribution in [0.4, 0.5) is 4.79 Å². The van der Waals surface area contributed by atoms with Gasteiger partial charge in [-0.2, -0.15) is 0 Å². The van der Waals surface area contributed by atoms with Crippen molar-refractivity contribution in [2.24, 2.45) is 0 Å². The fraction of sp³-hybridized carbons (Fsp3) is 0.588. The van der Waals surface area contributed by atoms with E-state index in [1.165, 1.54) is 24.0 Å². The smallest absolute Gasteiger partial charge is 0.320 e. The summed E-state index contributed by atoms with van der Waals surface area (Å²) in [6.45, 7) is 4.78. The van der Waals surface area contributed by atoms with Crippen LogP contribution in [0.5, 0.6) is 0 Å². The Bertz CT molecular complexity index is 486. The molecule has 0 N–H and O–H groups in total. The summed E-state index contributed by atoms with van der Waals surface area (Å²) in [7, 11) is 0. The van der Waals surface area contributed by atoms with Gasteiger partial charge in [0.05, 0.1) is 0 Å². The van der Waals surface area contributed by atoms with Crippen LogP contribution in [0, 0.1) is 0 Å². The van der Waals surface area contributed by atoms with Gasteiger partial charge in [-0.05, 0) is 43.2 Å². The molecule has 0 aromatic heterocycles. The molecule has 2 heterocycles. The first-order valence-corrected chi connectivity index (χ1v) is 7.92. The standard InChI is InChI=1S/C17H24N2O/c1-2-16-9-5-6-11-19(16)17(20)18-12-10-14-7-3-4-8-15(14)13-18/h3-4,7-8,16H,2,5-6,9-13H2,1H3. The molecule has 3 nitrogen and oxygen atoms in total. The number of nitrogens with zero attached hydrogens (tertiary/aromatic N) is 2. The first kappa shape index (κ1) is 13.5. The van der Waals surface area contributed by atoms with E-state index in [-0.39, 0.29) is 6.03 Å². The van der Waals surface area contributed by atoms with Crippen molar-refractivity contribution in [2.75, 3.05) is 13.1 Å². The molecule has 0 aliphatic carbocycles. The van der Waals surface area contributed by atoms with Crippen LogP contribution < -0.4 is 0 Å². The van der Waals surface area contributed by atoms with Gasteiger partial charge < -0.3 is 9.80 Å². The molecule has 3 heteroatoms. The molecule has 0 radical (unpaired) electrons. The molecule has 1 unspecified atom stereocenters. The summed E-state index contributed by atoms with van der Waals surface area (Å²) in [6.07, 6.45) is 5.67. The third-order valence-electron chi connectivity index (χ3n) is 4.75. The maximum atomic E-state index is 12.8. The van der Waals surface area contributed by atoms with Crippen molar-refractivity contribution < 1.29 is 4.79 Å². The molecule has 3 rings (SSSR count). The quantitative estimate of drug-likeness (QED) is 0.768. The highest BCUT2D eigenvalue weighted by Crippen LogP contribution is 2.24. The van der Waals surface area contributed by atoms with Gasteiger partial charge in [0.15, 0.2) is 0 Å². The monoisotopic (exact) mass is 272 g/mol. The zero-order valence-corrected chi connectivity index (χ0v) is 12.3. The van der Waals surface area contributed by atoms with Gasteiger partial charge in [0.2, 0.25) is 0 Å². The number of hydrogen-bond acceptors (Lipinski definition) is 1. The highest BCUT2D eigenvalue weighted by atomic mass is 16.2. The summed E-state index contributed by atoms with van der Waals surface area (Å²) in [5.74, 6) is 0. The second-order valence-corrected chi connectivity index (χ2v) is 5.97. The third kappa shape index (κ3) is 2.54. The molecular weight excluding hydrogens is 248 g/mol. The number of piperidine rings is 1. The lowest BCUT2D eigenvalue weighted by atomic mass is 9.98. The molecule has 2 aliphatic heterocycles. The molecule has 1 fully saturated rings. The molecule has 0 bridgehead atoms. The Kier molecular flexibility index (Phi) is 3.95. The van der Waals surface area contributed by atoms with Gasteiger partial charge >= 0.3 is 6.03 Å². The molecule has 20 heavy (non-hydrogen) atoms. The number of carbonyl (C=O) groups is 1. The second-order valence-electron chi connectivity index (χ2n) is 5.97. The Balaban J connectivity index is 1.72. The zero-order valence-electron chi connectivity index (χ0n) is 12.3. The second kappa shape index (κ2) is 5.86. The molecule has 1 atom stereocenters. The average Bonchev–Trinajstić information content (AvgIpc) is 2.53. The average molecular weight is 272 g/mol. The fourth-order valence-corrected chi connectivity index (χ4v) is 3.52. The van der Waals surface area contributed by atoms with Gasteiger partial charge in [-0.1, -0.05) is 31.2 Å². The first-order chi connectivity index (χ1) is 9.79. The van der Waals surface area contributed by atoms with Crippen LogP contribution in [0.2, 0.25) is 0 Å². The summed E-state index contributed by atoms with van der Waals surface area (Å²) in [6, 6.07) is 9.21. The fourth-order valence-electron chi connectivity index (χ4n) is 3.52. The lowest BCUT2D eigenvalue weighted by Crippen LogP contribution is -2.51. The SMILES string of the molecule is CCC1CCCCN1C(=O)N1CCc2ccccc2C1. The highest BCUT2D eigenvalue weighted by Gasteiger charge is 2.30. The van der Waals surface area contributed by atoms with Crippen LogP contribution in [0.15, 0.2) is 24.3 Å². The van der Waals surface area contributed by atoms with Crippen LogP contribution in [-0.2, 0) is 13.0 Å². The topological polar surface area (TPSA) is 23.6 Å².